The van der Waals surface area contributed by atoms with Crippen LogP contribution in [0, 0.1) is 0 Å². The van der Waals surface area contributed by atoms with Gasteiger partial charge in [0, 0.05) is 18.1 Å². The molecule has 1 heterocycles. The minimum atomic E-state index is 0.344. The molecule has 0 bridgehead atoms. The molecule has 1 saturated heterocycles. The molecule has 78 valence electrons. The fourth-order valence-electron chi connectivity index (χ4n) is 2.33. The van der Waals surface area contributed by atoms with E-state index in [-0.39, 0.29) is 0 Å². The molecular formula is C11H24N2. The van der Waals surface area contributed by atoms with Gasteiger partial charge in [-0.05, 0) is 54.3 Å². The van der Waals surface area contributed by atoms with Crippen molar-refractivity contribution < 1.29 is 0 Å². The Hall–Kier alpha value is -0.0800. The van der Waals surface area contributed by atoms with E-state index in [1.54, 1.807) is 0 Å². The molecule has 1 atom stereocenters. The normalized spacial score (nSPS) is 25.8. The zero-order chi connectivity index (χ0) is 10.1. The zero-order valence-electron chi connectivity index (χ0n) is 9.80. The lowest BCUT2D eigenvalue weighted by molar-refractivity contribution is 0.104. The van der Waals surface area contributed by atoms with Crippen LogP contribution in [-0.4, -0.2) is 48.6 Å². The molecule has 0 saturated carbocycles. The predicted molar refractivity (Wildman–Crippen MR) is 58.0 cm³/mol. The molecule has 13 heavy (non-hydrogen) atoms. The second-order valence-electron chi connectivity index (χ2n) is 5.42. The maximum atomic E-state index is 2.65. The highest BCUT2D eigenvalue weighted by Crippen LogP contribution is 2.26. The summed E-state index contributed by atoms with van der Waals surface area (Å²) in [6.45, 7) is 9.45. The Balaban J connectivity index is 2.54. The Morgan fingerprint density at radius 2 is 1.92 bits per heavy atom. The monoisotopic (exact) mass is 184 g/mol. The maximum absolute atomic E-state index is 2.65. The van der Waals surface area contributed by atoms with E-state index in [9.17, 15) is 0 Å². The first-order chi connectivity index (χ1) is 5.91. The Labute approximate surface area is 82.9 Å². The Morgan fingerprint density at radius 3 is 2.38 bits per heavy atom. The van der Waals surface area contributed by atoms with Gasteiger partial charge in [0.25, 0.3) is 0 Å². The lowest BCUT2D eigenvalue weighted by Gasteiger charge is -2.38. The van der Waals surface area contributed by atoms with Gasteiger partial charge < -0.3 is 4.90 Å². The first-order valence-electron chi connectivity index (χ1n) is 5.33. The van der Waals surface area contributed by atoms with Crippen molar-refractivity contribution in [3.05, 3.63) is 0 Å². The minimum absolute atomic E-state index is 0.344. The van der Waals surface area contributed by atoms with E-state index in [4.69, 9.17) is 0 Å². The highest BCUT2D eigenvalue weighted by atomic mass is 15.3. The van der Waals surface area contributed by atoms with E-state index in [0.717, 1.165) is 6.04 Å². The molecular weight excluding hydrogens is 160 g/mol. The summed E-state index contributed by atoms with van der Waals surface area (Å²) in [6.07, 6.45) is 2.74. The summed E-state index contributed by atoms with van der Waals surface area (Å²) < 4.78 is 0. The fourth-order valence-corrected chi connectivity index (χ4v) is 2.33. The SMILES string of the molecule is CN(C)CC1CCCN1C(C)(C)C. The van der Waals surface area contributed by atoms with Crippen LogP contribution in [0.1, 0.15) is 33.6 Å². The molecule has 1 unspecified atom stereocenters. The number of rotatable bonds is 2. The molecule has 0 aliphatic carbocycles. The van der Waals surface area contributed by atoms with E-state index < -0.39 is 0 Å². The second-order valence-corrected chi connectivity index (χ2v) is 5.42. The quantitative estimate of drug-likeness (QED) is 0.646. The van der Waals surface area contributed by atoms with E-state index in [1.165, 1.54) is 25.9 Å². The standard InChI is InChI=1S/C11H24N2/c1-11(2,3)13-8-6-7-10(13)9-12(4)5/h10H,6-9H2,1-5H3. The molecule has 1 fully saturated rings. The van der Waals surface area contributed by atoms with E-state index in [0.29, 0.717) is 5.54 Å². The van der Waals surface area contributed by atoms with Crippen molar-refractivity contribution in [2.24, 2.45) is 0 Å². The topological polar surface area (TPSA) is 6.48 Å². The highest BCUT2D eigenvalue weighted by Gasteiger charge is 2.32. The molecule has 2 nitrogen and oxygen atoms in total. The first-order valence-corrected chi connectivity index (χ1v) is 5.33. The van der Waals surface area contributed by atoms with Gasteiger partial charge in [0.1, 0.15) is 0 Å². The molecule has 1 aliphatic rings. The van der Waals surface area contributed by atoms with Crippen molar-refractivity contribution in [1.29, 1.82) is 0 Å². The van der Waals surface area contributed by atoms with Crippen LogP contribution in [0.2, 0.25) is 0 Å². The van der Waals surface area contributed by atoms with Crippen molar-refractivity contribution in [2.75, 3.05) is 27.2 Å². The van der Waals surface area contributed by atoms with Gasteiger partial charge in [-0.15, -0.1) is 0 Å². The van der Waals surface area contributed by atoms with Gasteiger partial charge in [-0.25, -0.2) is 0 Å². The summed E-state index contributed by atoms with van der Waals surface area (Å²) in [5.41, 5.74) is 0.344. The largest absolute Gasteiger partial charge is 0.308 e. The van der Waals surface area contributed by atoms with Crippen LogP contribution in [-0.2, 0) is 0 Å². The third-order valence-electron chi connectivity index (χ3n) is 2.81. The van der Waals surface area contributed by atoms with Gasteiger partial charge in [-0.1, -0.05) is 0 Å². The predicted octanol–water partition coefficient (Wildman–Crippen LogP) is 1.81. The number of likely N-dealkylation sites (N-methyl/N-ethyl adjacent to an activating group) is 1. The van der Waals surface area contributed by atoms with Crippen molar-refractivity contribution in [1.82, 2.24) is 9.80 Å². The van der Waals surface area contributed by atoms with Crippen LogP contribution in [0.5, 0.6) is 0 Å². The highest BCUT2D eigenvalue weighted by molar-refractivity contribution is 4.88. The van der Waals surface area contributed by atoms with Crippen LogP contribution in [0.4, 0.5) is 0 Å². The van der Waals surface area contributed by atoms with Gasteiger partial charge in [0.05, 0.1) is 0 Å². The van der Waals surface area contributed by atoms with Crippen molar-refractivity contribution in [2.45, 2.75) is 45.2 Å². The third-order valence-corrected chi connectivity index (χ3v) is 2.81. The molecule has 0 aromatic carbocycles. The van der Waals surface area contributed by atoms with Gasteiger partial charge in [-0.3, -0.25) is 4.90 Å². The molecule has 2 heteroatoms. The first kappa shape index (κ1) is 11.0. The Kier molecular flexibility index (Phi) is 3.36. The van der Waals surface area contributed by atoms with Crippen LogP contribution < -0.4 is 0 Å². The number of hydrogen-bond acceptors (Lipinski definition) is 2. The molecule has 0 aromatic heterocycles. The fraction of sp³-hybridized carbons (Fsp3) is 1.00. The summed E-state index contributed by atoms with van der Waals surface area (Å²) in [4.78, 5) is 4.95. The second kappa shape index (κ2) is 3.97. The number of hydrogen-bond donors (Lipinski definition) is 0. The van der Waals surface area contributed by atoms with Crippen LogP contribution in [0.25, 0.3) is 0 Å². The minimum Gasteiger partial charge on any atom is -0.308 e. The number of likely N-dealkylation sites (tertiary alicyclic amines) is 1. The Bertz CT molecular complexity index is 158. The zero-order valence-corrected chi connectivity index (χ0v) is 9.80. The lowest BCUT2D eigenvalue weighted by atomic mass is 10.0. The van der Waals surface area contributed by atoms with Gasteiger partial charge in [0.2, 0.25) is 0 Å². The van der Waals surface area contributed by atoms with Crippen LogP contribution in [0.3, 0.4) is 0 Å². The average Bonchev–Trinajstić information content (AvgIpc) is 2.31. The Morgan fingerprint density at radius 1 is 1.31 bits per heavy atom. The smallest absolute Gasteiger partial charge is 0.0228 e. The summed E-state index contributed by atoms with van der Waals surface area (Å²) in [6, 6.07) is 0.773. The van der Waals surface area contributed by atoms with Gasteiger partial charge >= 0.3 is 0 Å². The molecule has 1 rings (SSSR count). The molecule has 0 N–H and O–H groups in total. The lowest BCUT2D eigenvalue weighted by Crippen LogP contribution is -2.48. The maximum Gasteiger partial charge on any atom is 0.0228 e. The molecule has 0 spiro atoms. The van der Waals surface area contributed by atoms with Crippen LogP contribution >= 0.6 is 0 Å². The van der Waals surface area contributed by atoms with Crippen molar-refractivity contribution in [3.63, 3.8) is 0 Å². The van der Waals surface area contributed by atoms with Crippen LogP contribution in [0.15, 0.2) is 0 Å². The van der Waals surface area contributed by atoms with Gasteiger partial charge in [-0.2, -0.15) is 0 Å². The molecule has 0 radical (unpaired) electrons. The van der Waals surface area contributed by atoms with E-state index in [1.807, 2.05) is 0 Å². The van der Waals surface area contributed by atoms with Crippen molar-refractivity contribution in [3.8, 4) is 0 Å². The molecule has 1 aliphatic heterocycles. The summed E-state index contributed by atoms with van der Waals surface area (Å²) >= 11 is 0. The molecule has 0 amide bonds. The van der Waals surface area contributed by atoms with Gasteiger partial charge in [0.15, 0.2) is 0 Å². The van der Waals surface area contributed by atoms with Crippen molar-refractivity contribution >= 4 is 0 Å². The third kappa shape index (κ3) is 2.96. The average molecular weight is 184 g/mol. The molecule has 0 aromatic rings. The summed E-state index contributed by atoms with van der Waals surface area (Å²) in [5.74, 6) is 0. The van der Waals surface area contributed by atoms with E-state index in [2.05, 4.69) is 44.7 Å². The van der Waals surface area contributed by atoms with E-state index >= 15 is 0 Å². The summed E-state index contributed by atoms with van der Waals surface area (Å²) in [5, 5.41) is 0. The summed E-state index contributed by atoms with van der Waals surface area (Å²) in [7, 11) is 4.33. The number of nitrogens with zero attached hydrogens (tertiary/aromatic N) is 2.